The van der Waals surface area contributed by atoms with Gasteiger partial charge in [-0.3, -0.25) is 4.79 Å². The minimum Gasteiger partial charge on any atom is -0.504 e. The molecular weight excluding hydrogens is 388 g/mol. The van der Waals surface area contributed by atoms with Gasteiger partial charge in [0.1, 0.15) is 11.4 Å². The van der Waals surface area contributed by atoms with Crippen molar-refractivity contribution in [3.8, 4) is 17.2 Å². The summed E-state index contributed by atoms with van der Waals surface area (Å²) >= 11 is 7.22. The molecule has 0 radical (unpaired) electrons. The zero-order valence-electron chi connectivity index (χ0n) is 14.7. The molecule has 1 amide bonds. The van der Waals surface area contributed by atoms with Gasteiger partial charge in [-0.1, -0.05) is 17.7 Å². The molecule has 1 saturated heterocycles. The number of phenols is 1. The van der Waals surface area contributed by atoms with Crippen molar-refractivity contribution in [2.75, 3.05) is 13.7 Å². The summed E-state index contributed by atoms with van der Waals surface area (Å²) < 4.78 is 10.6. The van der Waals surface area contributed by atoms with Crippen LogP contribution in [0.25, 0.3) is 6.08 Å². The van der Waals surface area contributed by atoms with Gasteiger partial charge in [0, 0.05) is 5.02 Å². The number of rotatable bonds is 5. The van der Waals surface area contributed by atoms with Gasteiger partial charge in [-0.25, -0.2) is 4.99 Å². The molecule has 1 heterocycles. The number of aromatic hydroxyl groups is 1. The number of amidine groups is 1. The number of nitrogens with one attached hydrogen (secondary N) is 1. The SMILES string of the molecule is CCOc1cc(/C=C2\SC(=Nc3cc(Cl)ccc3OC)NC2=O)ccc1O. The number of hydrogen-bond donors (Lipinski definition) is 2. The number of carbonyl (C=O) groups is 1. The monoisotopic (exact) mass is 404 g/mol. The van der Waals surface area contributed by atoms with Crippen LogP contribution in [-0.2, 0) is 4.79 Å². The minimum atomic E-state index is -0.259. The molecular formula is C19H17ClN2O4S. The molecule has 1 aliphatic heterocycles. The third kappa shape index (κ3) is 4.56. The number of amides is 1. The second-order valence-corrected chi connectivity index (χ2v) is 6.93. The fourth-order valence-corrected chi connectivity index (χ4v) is 3.38. The normalized spacial score (nSPS) is 16.6. The summed E-state index contributed by atoms with van der Waals surface area (Å²) in [5.74, 6) is 0.718. The van der Waals surface area contributed by atoms with E-state index in [0.717, 1.165) is 5.56 Å². The molecule has 8 heteroatoms. The molecule has 2 aromatic rings. The van der Waals surface area contributed by atoms with E-state index in [-0.39, 0.29) is 11.7 Å². The quantitative estimate of drug-likeness (QED) is 0.724. The number of hydrogen-bond acceptors (Lipinski definition) is 6. The molecule has 1 aliphatic rings. The molecule has 3 rings (SSSR count). The Balaban J connectivity index is 1.87. The van der Waals surface area contributed by atoms with Crippen molar-refractivity contribution in [1.82, 2.24) is 5.32 Å². The Morgan fingerprint density at radius 1 is 1.26 bits per heavy atom. The average molecular weight is 405 g/mol. The summed E-state index contributed by atoms with van der Waals surface area (Å²) in [4.78, 5) is 17.2. The van der Waals surface area contributed by atoms with E-state index in [0.29, 0.717) is 38.9 Å². The first kappa shape index (κ1) is 19.1. The van der Waals surface area contributed by atoms with Gasteiger partial charge in [0.2, 0.25) is 0 Å². The van der Waals surface area contributed by atoms with Gasteiger partial charge < -0.3 is 19.9 Å². The van der Waals surface area contributed by atoms with Crippen molar-refractivity contribution in [3.05, 3.63) is 51.9 Å². The number of ether oxygens (including phenoxy) is 2. The number of thioether (sulfide) groups is 1. The molecule has 2 N–H and O–H groups in total. The Bertz CT molecular complexity index is 943. The number of nitrogens with zero attached hydrogens (tertiary/aromatic N) is 1. The van der Waals surface area contributed by atoms with Crippen molar-refractivity contribution in [2.45, 2.75) is 6.92 Å². The summed E-state index contributed by atoms with van der Waals surface area (Å²) in [5.41, 5.74) is 1.26. The van der Waals surface area contributed by atoms with Gasteiger partial charge in [0.05, 0.1) is 18.6 Å². The van der Waals surface area contributed by atoms with Gasteiger partial charge in [-0.15, -0.1) is 0 Å². The molecule has 0 bridgehead atoms. The summed E-state index contributed by atoms with van der Waals surface area (Å²) in [5, 5.41) is 13.5. The van der Waals surface area contributed by atoms with Crippen molar-refractivity contribution in [2.24, 2.45) is 4.99 Å². The second kappa shape index (κ2) is 8.37. The van der Waals surface area contributed by atoms with E-state index in [2.05, 4.69) is 10.3 Å². The van der Waals surface area contributed by atoms with Crippen LogP contribution in [0.1, 0.15) is 12.5 Å². The van der Waals surface area contributed by atoms with E-state index in [1.54, 1.807) is 43.5 Å². The van der Waals surface area contributed by atoms with Crippen LogP contribution in [0, 0.1) is 0 Å². The van der Waals surface area contributed by atoms with E-state index < -0.39 is 0 Å². The van der Waals surface area contributed by atoms with Crippen LogP contribution in [0.3, 0.4) is 0 Å². The predicted octanol–water partition coefficient (Wildman–Crippen LogP) is 4.34. The molecule has 1 fully saturated rings. The predicted molar refractivity (Wildman–Crippen MR) is 108 cm³/mol. The summed E-state index contributed by atoms with van der Waals surface area (Å²) in [6.45, 7) is 2.26. The standard InChI is InChI=1S/C19H17ClN2O4S/c1-3-26-16-8-11(4-6-14(16)23)9-17-18(24)22-19(27-17)21-13-10-12(20)5-7-15(13)25-2/h4-10,23H,3H2,1-2H3,(H,21,22,24)/b17-9-. The van der Waals surface area contributed by atoms with Crippen molar-refractivity contribution < 1.29 is 19.4 Å². The zero-order chi connectivity index (χ0) is 19.4. The van der Waals surface area contributed by atoms with Crippen LogP contribution >= 0.6 is 23.4 Å². The van der Waals surface area contributed by atoms with Gasteiger partial charge >= 0.3 is 0 Å². The molecule has 0 unspecified atom stereocenters. The minimum absolute atomic E-state index is 0.0535. The number of halogens is 1. The first-order chi connectivity index (χ1) is 13.0. The first-order valence-corrected chi connectivity index (χ1v) is 9.28. The highest BCUT2D eigenvalue weighted by atomic mass is 35.5. The lowest BCUT2D eigenvalue weighted by Crippen LogP contribution is -2.19. The molecule has 0 spiro atoms. The summed E-state index contributed by atoms with van der Waals surface area (Å²) in [7, 11) is 1.54. The van der Waals surface area contributed by atoms with Crippen LogP contribution in [-0.4, -0.2) is 29.9 Å². The molecule has 6 nitrogen and oxygen atoms in total. The third-order valence-electron chi connectivity index (χ3n) is 3.60. The van der Waals surface area contributed by atoms with Gasteiger partial charge in [0.25, 0.3) is 5.91 Å². The Morgan fingerprint density at radius 3 is 2.81 bits per heavy atom. The number of carbonyl (C=O) groups excluding carboxylic acids is 1. The first-order valence-electron chi connectivity index (χ1n) is 8.09. The molecule has 2 aromatic carbocycles. The molecule has 0 atom stereocenters. The lowest BCUT2D eigenvalue weighted by atomic mass is 10.2. The molecule has 27 heavy (non-hydrogen) atoms. The van der Waals surface area contributed by atoms with Gasteiger partial charge in [-0.05, 0) is 60.7 Å². The largest absolute Gasteiger partial charge is 0.504 e. The van der Waals surface area contributed by atoms with Gasteiger partial charge in [0.15, 0.2) is 16.7 Å². The highest BCUT2D eigenvalue weighted by Gasteiger charge is 2.24. The molecule has 0 saturated carbocycles. The highest BCUT2D eigenvalue weighted by molar-refractivity contribution is 8.18. The van der Waals surface area contributed by atoms with Gasteiger partial charge in [-0.2, -0.15) is 0 Å². The van der Waals surface area contributed by atoms with Crippen LogP contribution in [0.4, 0.5) is 5.69 Å². The lowest BCUT2D eigenvalue weighted by Gasteiger charge is -2.06. The Labute approximate surface area is 165 Å². The smallest absolute Gasteiger partial charge is 0.264 e. The van der Waals surface area contributed by atoms with E-state index in [1.165, 1.54) is 17.8 Å². The van der Waals surface area contributed by atoms with E-state index in [1.807, 2.05) is 6.92 Å². The van der Waals surface area contributed by atoms with Crippen LogP contribution in [0.2, 0.25) is 5.02 Å². The second-order valence-electron chi connectivity index (χ2n) is 5.46. The van der Waals surface area contributed by atoms with Crippen molar-refractivity contribution >= 4 is 46.2 Å². The lowest BCUT2D eigenvalue weighted by molar-refractivity contribution is -0.115. The van der Waals surface area contributed by atoms with Crippen LogP contribution in [0.5, 0.6) is 17.2 Å². The molecule has 140 valence electrons. The Hall–Kier alpha value is -2.64. The topological polar surface area (TPSA) is 80.2 Å². The summed E-state index contributed by atoms with van der Waals surface area (Å²) in [6, 6.07) is 9.99. The Morgan fingerprint density at radius 2 is 2.07 bits per heavy atom. The van der Waals surface area contributed by atoms with Crippen LogP contribution < -0.4 is 14.8 Å². The molecule has 0 aliphatic carbocycles. The maximum atomic E-state index is 12.3. The van der Waals surface area contributed by atoms with E-state index in [9.17, 15) is 9.90 Å². The highest BCUT2D eigenvalue weighted by Crippen LogP contribution is 2.35. The average Bonchev–Trinajstić information content (AvgIpc) is 2.97. The van der Waals surface area contributed by atoms with E-state index in [4.69, 9.17) is 21.1 Å². The zero-order valence-corrected chi connectivity index (χ0v) is 16.2. The molecule has 0 aromatic heterocycles. The van der Waals surface area contributed by atoms with E-state index >= 15 is 0 Å². The fourth-order valence-electron chi connectivity index (χ4n) is 2.38. The maximum absolute atomic E-state index is 12.3. The third-order valence-corrected chi connectivity index (χ3v) is 4.74. The number of phenolic OH excluding ortho intramolecular Hbond substituents is 1. The number of benzene rings is 2. The van der Waals surface area contributed by atoms with Crippen LogP contribution in [0.15, 0.2) is 46.3 Å². The van der Waals surface area contributed by atoms with Crippen molar-refractivity contribution in [1.29, 1.82) is 0 Å². The Kier molecular flexibility index (Phi) is 5.93. The maximum Gasteiger partial charge on any atom is 0.264 e. The number of aliphatic imine (C=N–C) groups is 1. The van der Waals surface area contributed by atoms with Crippen molar-refractivity contribution in [3.63, 3.8) is 0 Å². The number of methoxy groups -OCH3 is 1. The fraction of sp³-hybridized carbons (Fsp3) is 0.158. The summed E-state index contributed by atoms with van der Waals surface area (Å²) in [6.07, 6.45) is 1.71.